The highest BCUT2D eigenvalue weighted by atomic mass is 32.2. The van der Waals surface area contributed by atoms with Crippen molar-refractivity contribution in [2.24, 2.45) is 0 Å². The Morgan fingerprint density at radius 3 is 1.75 bits per heavy atom. The fraction of sp³-hybridized carbons (Fsp3) is 0.368. The highest BCUT2D eigenvalue weighted by molar-refractivity contribution is 7.93. The summed E-state index contributed by atoms with van der Waals surface area (Å²) in [6.45, 7) is 9.41. The molecular formula is C19H25NO3S. The van der Waals surface area contributed by atoms with Crippen LogP contribution in [0.1, 0.15) is 27.8 Å². The lowest BCUT2D eigenvalue weighted by Crippen LogP contribution is -2.34. The summed E-state index contributed by atoms with van der Waals surface area (Å²) < 4.78 is 28.1. The molecule has 130 valence electrons. The first kappa shape index (κ1) is 18.5. The maximum absolute atomic E-state index is 13.4. The molecule has 0 amide bonds. The number of benzene rings is 2. The molecule has 0 saturated carbocycles. The van der Waals surface area contributed by atoms with Crippen molar-refractivity contribution in [1.82, 2.24) is 0 Å². The second-order valence-corrected chi connectivity index (χ2v) is 7.89. The summed E-state index contributed by atoms with van der Waals surface area (Å²) in [5.41, 5.74) is 5.21. The van der Waals surface area contributed by atoms with E-state index in [4.69, 9.17) is 0 Å². The molecule has 0 bridgehead atoms. The zero-order valence-electron chi connectivity index (χ0n) is 14.9. The smallest absolute Gasteiger partial charge is 0.264 e. The van der Waals surface area contributed by atoms with E-state index < -0.39 is 10.0 Å². The van der Waals surface area contributed by atoms with Crippen LogP contribution in [0.2, 0.25) is 0 Å². The molecular weight excluding hydrogens is 322 g/mol. The van der Waals surface area contributed by atoms with Gasteiger partial charge in [-0.05, 0) is 74.6 Å². The number of hydrogen-bond acceptors (Lipinski definition) is 3. The van der Waals surface area contributed by atoms with Crippen LogP contribution in [0.15, 0.2) is 35.2 Å². The van der Waals surface area contributed by atoms with Crippen molar-refractivity contribution in [3.8, 4) is 0 Å². The number of anilines is 1. The summed E-state index contributed by atoms with van der Waals surface area (Å²) in [5.74, 6) is 0. The standard InChI is InChI=1S/C19H25NO3S/c1-13-14(2)16(4)19(17(5)15(13)3)24(22,23)20(11-12-21)18-9-7-6-8-10-18/h6-10,21H,11-12H2,1-5H3. The summed E-state index contributed by atoms with van der Waals surface area (Å²) in [6, 6.07) is 8.91. The Bertz CT molecular complexity index is 814. The molecule has 0 aliphatic rings. The second-order valence-electron chi connectivity index (χ2n) is 6.09. The Balaban J connectivity index is 2.74. The Labute approximate surface area is 144 Å². The lowest BCUT2D eigenvalue weighted by Gasteiger charge is -2.27. The molecule has 0 heterocycles. The van der Waals surface area contributed by atoms with E-state index in [1.807, 2.05) is 40.7 Å². The van der Waals surface area contributed by atoms with Crippen LogP contribution in [0.25, 0.3) is 0 Å². The van der Waals surface area contributed by atoms with E-state index in [1.165, 1.54) is 4.31 Å². The van der Waals surface area contributed by atoms with Crippen molar-refractivity contribution in [1.29, 1.82) is 0 Å². The molecule has 1 N–H and O–H groups in total. The van der Waals surface area contributed by atoms with Crippen LogP contribution < -0.4 is 4.31 Å². The third-order valence-electron chi connectivity index (χ3n) is 4.83. The third-order valence-corrected chi connectivity index (χ3v) is 6.93. The van der Waals surface area contributed by atoms with Gasteiger partial charge in [-0.2, -0.15) is 0 Å². The SMILES string of the molecule is Cc1c(C)c(C)c(S(=O)(=O)N(CCO)c2ccccc2)c(C)c1C. The molecule has 2 aromatic carbocycles. The summed E-state index contributed by atoms with van der Waals surface area (Å²) in [5, 5.41) is 9.39. The van der Waals surface area contributed by atoms with Gasteiger partial charge in [0.25, 0.3) is 10.0 Å². The van der Waals surface area contributed by atoms with Crippen molar-refractivity contribution in [3.63, 3.8) is 0 Å². The fourth-order valence-corrected chi connectivity index (χ4v) is 5.06. The molecule has 0 unspecified atom stereocenters. The molecule has 2 aromatic rings. The van der Waals surface area contributed by atoms with Gasteiger partial charge in [-0.3, -0.25) is 4.31 Å². The monoisotopic (exact) mass is 347 g/mol. The lowest BCUT2D eigenvalue weighted by atomic mass is 9.95. The summed E-state index contributed by atoms with van der Waals surface area (Å²) >= 11 is 0. The van der Waals surface area contributed by atoms with Crippen LogP contribution in [0.3, 0.4) is 0 Å². The number of hydrogen-bond donors (Lipinski definition) is 1. The largest absolute Gasteiger partial charge is 0.394 e. The van der Waals surface area contributed by atoms with Crippen molar-refractivity contribution >= 4 is 15.7 Å². The maximum Gasteiger partial charge on any atom is 0.264 e. The van der Waals surface area contributed by atoms with E-state index in [9.17, 15) is 13.5 Å². The molecule has 0 aromatic heterocycles. The van der Waals surface area contributed by atoms with E-state index in [2.05, 4.69) is 0 Å². The van der Waals surface area contributed by atoms with Crippen molar-refractivity contribution in [3.05, 3.63) is 58.1 Å². The number of aliphatic hydroxyl groups is 1. The van der Waals surface area contributed by atoms with Gasteiger partial charge in [-0.25, -0.2) is 8.42 Å². The minimum absolute atomic E-state index is 0.0250. The van der Waals surface area contributed by atoms with Crippen LogP contribution in [-0.4, -0.2) is 26.7 Å². The fourth-order valence-electron chi connectivity index (χ4n) is 3.04. The molecule has 0 spiro atoms. The van der Waals surface area contributed by atoms with Crippen molar-refractivity contribution in [2.75, 3.05) is 17.5 Å². The number of para-hydroxylation sites is 1. The third kappa shape index (κ3) is 3.06. The van der Waals surface area contributed by atoms with E-state index >= 15 is 0 Å². The van der Waals surface area contributed by atoms with Crippen LogP contribution >= 0.6 is 0 Å². The normalized spacial score (nSPS) is 11.6. The van der Waals surface area contributed by atoms with Gasteiger partial charge in [-0.15, -0.1) is 0 Å². The van der Waals surface area contributed by atoms with Gasteiger partial charge in [0.2, 0.25) is 0 Å². The predicted molar refractivity (Wildman–Crippen MR) is 98.2 cm³/mol. The van der Waals surface area contributed by atoms with Crippen LogP contribution in [0.4, 0.5) is 5.69 Å². The Morgan fingerprint density at radius 1 is 0.833 bits per heavy atom. The first-order valence-electron chi connectivity index (χ1n) is 7.99. The molecule has 0 atom stereocenters. The van der Waals surface area contributed by atoms with E-state index in [0.717, 1.165) is 27.8 Å². The number of aliphatic hydroxyl groups excluding tert-OH is 1. The van der Waals surface area contributed by atoms with Crippen LogP contribution in [-0.2, 0) is 10.0 Å². The van der Waals surface area contributed by atoms with Crippen molar-refractivity contribution in [2.45, 2.75) is 39.5 Å². The Kier molecular flexibility index (Phi) is 5.35. The van der Waals surface area contributed by atoms with Gasteiger partial charge in [0, 0.05) is 0 Å². The summed E-state index contributed by atoms with van der Waals surface area (Å²) in [4.78, 5) is 0.348. The van der Waals surface area contributed by atoms with Crippen LogP contribution in [0, 0.1) is 34.6 Å². The highest BCUT2D eigenvalue weighted by Crippen LogP contribution is 2.33. The van der Waals surface area contributed by atoms with E-state index in [1.54, 1.807) is 24.3 Å². The van der Waals surface area contributed by atoms with Crippen LogP contribution in [0.5, 0.6) is 0 Å². The van der Waals surface area contributed by atoms with Gasteiger partial charge in [-0.1, -0.05) is 18.2 Å². The quantitative estimate of drug-likeness (QED) is 0.902. The highest BCUT2D eigenvalue weighted by Gasteiger charge is 2.29. The molecule has 24 heavy (non-hydrogen) atoms. The number of sulfonamides is 1. The van der Waals surface area contributed by atoms with Gasteiger partial charge >= 0.3 is 0 Å². The molecule has 0 saturated heterocycles. The number of rotatable bonds is 5. The van der Waals surface area contributed by atoms with Gasteiger partial charge in [0.05, 0.1) is 23.7 Å². The first-order valence-corrected chi connectivity index (χ1v) is 9.43. The Morgan fingerprint density at radius 2 is 1.29 bits per heavy atom. The van der Waals surface area contributed by atoms with E-state index in [-0.39, 0.29) is 13.2 Å². The summed E-state index contributed by atoms with van der Waals surface area (Å²) in [6.07, 6.45) is 0. The van der Waals surface area contributed by atoms with Gasteiger partial charge in [0.1, 0.15) is 0 Å². The van der Waals surface area contributed by atoms with Gasteiger partial charge in [0.15, 0.2) is 0 Å². The molecule has 0 fully saturated rings. The maximum atomic E-state index is 13.4. The predicted octanol–water partition coefficient (Wildman–Crippen LogP) is 3.42. The lowest BCUT2D eigenvalue weighted by molar-refractivity contribution is 0.306. The Hall–Kier alpha value is -1.85. The molecule has 5 heteroatoms. The van der Waals surface area contributed by atoms with Crippen molar-refractivity contribution < 1.29 is 13.5 Å². The average Bonchev–Trinajstić information content (AvgIpc) is 2.56. The van der Waals surface area contributed by atoms with Gasteiger partial charge < -0.3 is 5.11 Å². The topological polar surface area (TPSA) is 57.6 Å². The molecule has 0 aliphatic heterocycles. The summed E-state index contributed by atoms with van der Waals surface area (Å²) in [7, 11) is -3.77. The minimum Gasteiger partial charge on any atom is -0.394 e. The number of nitrogens with zero attached hydrogens (tertiary/aromatic N) is 1. The molecule has 0 radical (unpaired) electrons. The first-order chi connectivity index (χ1) is 11.2. The molecule has 2 rings (SSSR count). The molecule has 4 nitrogen and oxygen atoms in total. The molecule has 0 aliphatic carbocycles. The zero-order valence-corrected chi connectivity index (χ0v) is 15.7. The minimum atomic E-state index is -3.77. The second kappa shape index (κ2) is 6.95. The average molecular weight is 347 g/mol. The van der Waals surface area contributed by atoms with E-state index in [0.29, 0.717) is 10.6 Å². The zero-order chi connectivity index (χ0) is 18.1.